The van der Waals surface area contributed by atoms with E-state index in [4.69, 9.17) is 0 Å². The van der Waals surface area contributed by atoms with E-state index < -0.39 is 11.7 Å². The highest BCUT2D eigenvalue weighted by atomic mass is 16.3. The van der Waals surface area contributed by atoms with Crippen molar-refractivity contribution in [3.8, 4) is 0 Å². The summed E-state index contributed by atoms with van der Waals surface area (Å²) in [6.45, 7) is 7.06. The molecule has 0 fully saturated rings. The summed E-state index contributed by atoms with van der Waals surface area (Å²) in [5, 5.41) is 18.9. The number of hydrogen-bond acceptors (Lipinski definition) is 2. The Bertz CT molecular complexity index is 119. The van der Waals surface area contributed by atoms with Crippen molar-refractivity contribution in [1.29, 1.82) is 0 Å². The van der Waals surface area contributed by atoms with Gasteiger partial charge in [-0.2, -0.15) is 0 Å². The topological polar surface area (TPSA) is 40.5 Å². The van der Waals surface area contributed by atoms with Crippen molar-refractivity contribution in [1.82, 2.24) is 0 Å². The van der Waals surface area contributed by atoms with Gasteiger partial charge in [0.1, 0.15) is 0 Å². The van der Waals surface area contributed by atoms with Gasteiger partial charge in [0.05, 0.1) is 11.7 Å². The molecule has 2 N–H and O–H groups in total. The van der Waals surface area contributed by atoms with Gasteiger partial charge in [-0.15, -0.1) is 6.58 Å². The molecule has 0 aliphatic rings. The van der Waals surface area contributed by atoms with Crippen molar-refractivity contribution in [2.45, 2.75) is 44.8 Å². The molecule has 2 heteroatoms. The lowest BCUT2D eigenvalue weighted by atomic mass is 9.93. The smallest absolute Gasteiger partial charge is 0.0875 e. The zero-order valence-corrected chi connectivity index (χ0v) is 7.38. The summed E-state index contributed by atoms with van der Waals surface area (Å²) in [6.07, 6.45) is 3.02. The van der Waals surface area contributed by atoms with Gasteiger partial charge in [0.25, 0.3) is 0 Å². The van der Waals surface area contributed by atoms with Crippen molar-refractivity contribution in [3.63, 3.8) is 0 Å². The molecule has 0 aliphatic carbocycles. The summed E-state index contributed by atoms with van der Waals surface area (Å²) >= 11 is 0. The van der Waals surface area contributed by atoms with E-state index in [-0.39, 0.29) is 0 Å². The van der Waals surface area contributed by atoms with Gasteiger partial charge in [0.2, 0.25) is 0 Å². The quantitative estimate of drug-likeness (QED) is 0.595. The molecule has 0 rings (SSSR count). The maximum absolute atomic E-state index is 9.53. The first-order chi connectivity index (χ1) is 5.04. The van der Waals surface area contributed by atoms with E-state index in [1.54, 1.807) is 13.0 Å². The molecule has 0 aromatic rings. The summed E-state index contributed by atoms with van der Waals surface area (Å²) in [5.41, 5.74) is -0.941. The molecule has 0 saturated carbocycles. The maximum atomic E-state index is 9.53. The van der Waals surface area contributed by atoms with Crippen LogP contribution in [0.4, 0.5) is 0 Å². The van der Waals surface area contributed by atoms with Crippen molar-refractivity contribution >= 4 is 0 Å². The van der Waals surface area contributed by atoms with E-state index in [9.17, 15) is 10.2 Å². The number of rotatable bonds is 5. The first kappa shape index (κ1) is 10.7. The standard InChI is InChI=1S/C9H18O2/c1-4-6-7-8(10)9(3,11)5-2/h4,8,10-11H,1,5-7H2,2-3H3. The minimum atomic E-state index is -0.941. The average molecular weight is 158 g/mol. The van der Waals surface area contributed by atoms with Crippen LogP contribution in [0.25, 0.3) is 0 Å². The van der Waals surface area contributed by atoms with Crippen LogP contribution in [0.2, 0.25) is 0 Å². The predicted octanol–water partition coefficient (Wildman–Crippen LogP) is 1.47. The second-order valence-corrected chi connectivity index (χ2v) is 3.09. The molecule has 2 atom stereocenters. The van der Waals surface area contributed by atoms with Crippen molar-refractivity contribution in [3.05, 3.63) is 12.7 Å². The number of aliphatic hydroxyl groups excluding tert-OH is 1. The molecular formula is C9H18O2. The molecule has 0 radical (unpaired) electrons. The van der Waals surface area contributed by atoms with Crippen LogP contribution in [0.3, 0.4) is 0 Å². The molecule has 0 amide bonds. The predicted molar refractivity (Wildman–Crippen MR) is 46.4 cm³/mol. The van der Waals surface area contributed by atoms with E-state index in [2.05, 4.69) is 6.58 Å². The fourth-order valence-electron chi connectivity index (χ4n) is 0.822. The molecule has 66 valence electrons. The van der Waals surface area contributed by atoms with Crippen LogP contribution < -0.4 is 0 Å². The molecule has 0 spiro atoms. The van der Waals surface area contributed by atoms with Crippen LogP contribution in [-0.4, -0.2) is 21.9 Å². The monoisotopic (exact) mass is 158 g/mol. The second kappa shape index (κ2) is 4.52. The Labute approximate surface area is 68.6 Å². The SMILES string of the molecule is C=CCCC(O)C(C)(O)CC. The van der Waals surface area contributed by atoms with E-state index in [0.29, 0.717) is 12.8 Å². The largest absolute Gasteiger partial charge is 0.390 e. The fraction of sp³-hybridized carbons (Fsp3) is 0.778. The molecule has 2 nitrogen and oxygen atoms in total. The van der Waals surface area contributed by atoms with Gasteiger partial charge in [-0.3, -0.25) is 0 Å². The van der Waals surface area contributed by atoms with E-state index in [1.807, 2.05) is 6.92 Å². The van der Waals surface area contributed by atoms with Crippen LogP contribution in [-0.2, 0) is 0 Å². The first-order valence-electron chi connectivity index (χ1n) is 4.06. The Kier molecular flexibility index (Phi) is 4.38. The Hall–Kier alpha value is -0.340. The highest BCUT2D eigenvalue weighted by molar-refractivity contribution is 4.82. The Morgan fingerprint density at radius 2 is 2.18 bits per heavy atom. The van der Waals surface area contributed by atoms with Crippen molar-refractivity contribution < 1.29 is 10.2 Å². The van der Waals surface area contributed by atoms with Gasteiger partial charge in [0, 0.05) is 0 Å². The van der Waals surface area contributed by atoms with Gasteiger partial charge in [-0.25, -0.2) is 0 Å². The van der Waals surface area contributed by atoms with E-state index >= 15 is 0 Å². The van der Waals surface area contributed by atoms with Gasteiger partial charge < -0.3 is 10.2 Å². The lowest BCUT2D eigenvalue weighted by Gasteiger charge is -2.27. The van der Waals surface area contributed by atoms with Crippen molar-refractivity contribution in [2.75, 3.05) is 0 Å². The third kappa shape index (κ3) is 3.54. The fourth-order valence-corrected chi connectivity index (χ4v) is 0.822. The minimum Gasteiger partial charge on any atom is -0.390 e. The van der Waals surface area contributed by atoms with Crippen LogP contribution in [0.5, 0.6) is 0 Å². The zero-order valence-electron chi connectivity index (χ0n) is 7.38. The lowest BCUT2D eigenvalue weighted by molar-refractivity contribution is -0.0664. The minimum absolute atomic E-state index is 0.575. The van der Waals surface area contributed by atoms with Crippen LogP contribution >= 0.6 is 0 Å². The summed E-state index contributed by atoms with van der Waals surface area (Å²) < 4.78 is 0. The molecular weight excluding hydrogens is 140 g/mol. The number of aliphatic hydroxyl groups is 2. The van der Waals surface area contributed by atoms with Gasteiger partial charge in [-0.1, -0.05) is 13.0 Å². The maximum Gasteiger partial charge on any atom is 0.0875 e. The van der Waals surface area contributed by atoms with Gasteiger partial charge >= 0.3 is 0 Å². The number of hydrogen-bond donors (Lipinski definition) is 2. The molecule has 0 heterocycles. The second-order valence-electron chi connectivity index (χ2n) is 3.09. The van der Waals surface area contributed by atoms with Crippen molar-refractivity contribution in [2.24, 2.45) is 0 Å². The van der Waals surface area contributed by atoms with Crippen LogP contribution in [0, 0.1) is 0 Å². The third-order valence-electron chi connectivity index (χ3n) is 2.08. The molecule has 0 saturated heterocycles. The Morgan fingerprint density at radius 3 is 2.55 bits per heavy atom. The first-order valence-corrected chi connectivity index (χ1v) is 4.06. The Morgan fingerprint density at radius 1 is 1.64 bits per heavy atom. The average Bonchev–Trinajstić information content (AvgIpc) is 2.00. The molecule has 0 aromatic heterocycles. The van der Waals surface area contributed by atoms with Crippen LogP contribution in [0.1, 0.15) is 33.1 Å². The van der Waals surface area contributed by atoms with E-state index in [0.717, 1.165) is 6.42 Å². The molecule has 0 aliphatic heterocycles. The third-order valence-corrected chi connectivity index (χ3v) is 2.08. The summed E-state index contributed by atoms with van der Waals surface area (Å²) in [6, 6.07) is 0. The van der Waals surface area contributed by atoms with E-state index in [1.165, 1.54) is 0 Å². The lowest BCUT2D eigenvalue weighted by Crippen LogP contribution is -2.38. The molecule has 0 bridgehead atoms. The summed E-state index contributed by atoms with van der Waals surface area (Å²) in [4.78, 5) is 0. The zero-order chi connectivity index (χ0) is 8.91. The summed E-state index contributed by atoms with van der Waals surface area (Å²) in [5.74, 6) is 0. The molecule has 0 aromatic carbocycles. The highest BCUT2D eigenvalue weighted by Crippen LogP contribution is 2.17. The molecule has 11 heavy (non-hydrogen) atoms. The van der Waals surface area contributed by atoms with Crippen LogP contribution in [0.15, 0.2) is 12.7 Å². The normalized spacial score (nSPS) is 18.9. The van der Waals surface area contributed by atoms with Gasteiger partial charge in [-0.05, 0) is 26.2 Å². The number of allylic oxidation sites excluding steroid dienone is 1. The molecule has 2 unspecified atom stereocenters. The Balaban J connectivity index is 3.80. The summed E-state index contributed by atoms with van der Waals surface area (Å²) in [7, 11) is 0. The van der Waals surface area contributed by atoms with Gasteiger partial charge in [0.15, 0.2) is 0 Å². The highest BCUT2D eigenvalue weighted by Gasteiger charge is 2.26.